The maximum Gasteiger partial charge on any atom is 0.338 e. The third-order valence-corrected chi connectivity index (χ3v) is 3.70. The van der Waals surface area contributed by atoms with Crippen LogP contribution in [0.5, 0.6) is 0 Å². The number of amides is 3. The van der Waals surface area contributed by atoms with Crippen LogP contribution in [0.1, 0.15) is 34.1 Å². The number of benzene rings is 2. The van der Waals surface area contributed by atoms with Crippen LogP contribution in [0.2, 0.25) is 0 Å². The van der Waals surface area contributed by atoms with Crippen LogP contribution in [0.4, 0.5) is 14.9 Å². The van der Waals surface area contributed by atoms with E-state index in [1.807, 2.05) is 0 Å². The highest BCUT2D eigenvalue weighted by Gasteiger charge is 2.10. The molecule has 0 heterocycles. The van der Waals surface area contributed by atoms with Gasteiger partial charge in [0.1, 0.15) is 5.82 Å². The van der Waals surface area contributed by atoms with Gasteiger partial charge in [0.2, 0.25) is 0 Å². The second-order valence-corrected chi connectivity index (χ2v) is 5.77. The number of urea groups is 1. The third kappa shape index (κ3) is 6.39. The summed E-state index contributed by atoms with van der Waals surface area (Å²) in [6.45, 7) is 2.64. The Bertz CT molecular complexity index is 824. The molecule has 0 aliphatic rings. The van der Waals surface area contributed by atoms with E-state index in [2.05, 4.69) is 16.0 Å². The summed E-state index contributed by atoms with van der Waals surface area (Å²) in [5.41, 5.74) is 0.913. The molecule has 0 saturated carbocycles. The lowest BCUT2D eigenvalue weighted by molar-refractivity contribution is 0.0526. The number of ether oxygens (including phenoxy) is 1. The van der Waals surface area contributed by atoms with Gasteiger partial charge >= 0.3 is 12.0 Å². The minimum absolute atomic E-state index is 0.0144. The highest BCUT2D eigenvalue weighted by atomic mass is 19.1. The second kappa shape index (κ2) is 10.7. The summed E-state index contributed by atoms with van der Waals surface area (Å²) in [4.78, 5) is 35.2. The lowest BCUT2D eigenvalue weighted by Crippen LogP contribution is -2.32. The van der Waals surface area contributed by atoms with Crippen LogP contribution in [-0.4, -0.2) is 37.6 Å². The van der Waals surface area contributed by atoms with Crippen LogP contribution < -0.4 is 16.0 Å². The quantitative estimate of drug-likeness (QED) is 0.479. The summed E-state index contributed by atoms with van der Waals surface area (Å²) in [6, 6.07) is 11.6. The molecule has 8 heteroatoms. The molecule has 2 aromatic rings. The van der Waals surface area contributed by atoms with E-state index < -0.39 is 23.7 Å². The molecule has 3 amide bonds. The van der Waals surface area contributed by atoms with Gasteiger partial charge in [-0.05, 0) is 49.7 Å². The number of esters is 1. The smallest absolute Gasteiger partial charge is 0.338 e. The Morgan fingerprint density at radius 1 is 0.964 bits per heavy atom. The lowest BCUT2D eigenvalue weighted by atomic mass is 10.2. The average molecular weight is 387 g/mol. The highest BCUT2D eigenvalue weighted by Crippen LogP contribution is 2.10. The molecule has 0 bridgehead atoms. The molecule has 148 valence electrons. The van der Waals surface area contributed by atoms with Crippen molar-refractivity contribution < 1.29 is 23.5 Å². The molecule has 3 N–H and O–H groups in total. The van der Waals surface area contributed by atoms with Crippen molar-refractivity contribution in [3.05, 3.63) is 65.5 Å². The summed E-state index contributed by atoms with van der Waals surface area (Å²) >= 11 is 0. The summed E-state index contributed by atoms with van der Waals surface area (Å²) in [7, 11) is 0. The molecule has 0 aliphatic heterocycles. The number of hydrogen-bond donors (Lipinski definition) is 3. The van der Waals surface area contributed by atoms with Gasteiger partial charge in [-0.3, -0.25) is 4.79 Å². The fourth-order valence-electron chi connectivity index (χ4n) is 2.31. The molecule has 0 aliphatic carbocycles. The number of hydrogen-bond acceptors (Lipinski definition) is 4. The number of carbonyl (C=O) groups excluding carboxylic acids is 3. The predicted molar refractivity (Wildman–Crippen MR) is 103 cm³/mol. The van der Waals surface area contributed by atoms with Crippen LogP contribution in [0.25, 0.3) is 0 Å². The van der Waals surface area contributed by atoms with Gasteiger partial charge in [0.05, 0.1) is 17.7 Å². The van der Waals surface area contributed by atoms with Crippen LogP contribution in [-0.2, 0) is 4.74 Å². The van der Waals surface area contributed by atoms with E-state index >= 15 is 0 Å². The van der Waals surface area contributed by atoms with Crippen molar-refractivity contribution in [2.45, 2.75) is 13.3 Å². The van der Waals surface area contributed by atoms with Gasteiger partial charge in [-0.2, -0.15) is 0 Å². The van der Waals surface area contributed by atoms with Crippen molar-refractivity contribution in [3.63, 3.8) is 0 Å². The zero-order valence-electron chi connectivity index (χ0n) is 15.5. The van der Waals surface area contributed by atoms with Gasteiger partial charge in [0, 0.05) is 18.8 Å². The lowest BCUT2D eigenvalue weighted by Gasteiger charge is -2.09. The summed E-state index contributed by atoms with van der Waals surface area (Å²) in [5.74, 6) is -1.49. The van der Waals surface area contributed by atoms with Gasteiger partial charge in [0.15, 0.2) is 0 Å². The van der Waals surface area contributed by atoms with Crippen molar-refractivity contribution in [1.29, 1.82) is 0 Å². The molecule has 0 radical (unpaired) electrons. The molecule has 2 rings (SSSR count). The molecule has 0 fully saturated rings. The van der Waals surface area contributed by atoms with E-state index in [-0.39, 0.29) is 5.56 Å². The van der Waals surface area contributed by atoms with Gasteiger partial charge in [-0.15, -0.1) is 0 Å². The molecule has 2 aromatic carbocycles. The predicted octanol–water partition coefficient (Wildman–Crippen LogP) is 2.94. The molecule has 0 saturated heterocycles. The van der Waals surface area contributed by atoms with E-state index in [0.717, 1.165) is 0 Å². The largest absolute Gasteiger partial charge is 0.462 e. The van der Waals surface area contributed by atoms with Crippen LogP contribution in [0.3, 0.4) is 0 Å². The molecule has 0 atom stereocenters. The summed E-state index contributed by atoms with van der Waals surface area (Å²) in [6.07, 6.45) is 0.482. The molecule has 0 aromatic heterocycles. The first-order valence-electron chi connectivity index (χ1n) is 8.86. The van der Waals surface area contributed by atoms with E-state index in [1.165, 1.54) is 18.2 Å². The molecule has 0 spiro atoms. The van der Waals surface area contributed by atoms with Crippen molar-refractivity contribution in [3.8, 4) is 0 Å². The Balaban J connectivity index is 1.67. The molecular weight excluding hydrogens is 365 g/mol. The van der Waals surface area contributed by atoms with Gasteiger partial charge < -0.3 is 20.7 Å². The van der Waals surface area contributed by atoms with Gasteiger partial charge in [-0.1, -0.05) is 12.1 Å². The first kappa shape index (κ1) is 20.9. The van der Waals surface area contributed by atoms with Crippen molar-refractivity contribution >= 4 is 23.6 Å². The van der Waals surface area contributed by atoms with E-state index in [4.69, 9.17) is 4.74 Å². The third-order valence-electron chi connectivity index (χ3n) is 3.70. The Morgan fingerprint density at radius 2 is 1.64 bits per heavy atom. The zero-order chi connectivity index (χ0) is 20.4. The summed E-state index contributed by atoms with van der Waals surface area (Å²) in [5, 5.41) is 7.88. The molecule has 7 nitrogen and oxygen atoms in total. The van der Waals surface area contributed by atoms with Gasteiger partial charge in [0.25, 0.3) is 5.91 Å². The number of rotatable bonds is 8. The highest BCUT2D eigenvalue weighted by molar-refractivity contribution is 5.94. The van der Waals surface area contributed by atoms with Crippen molar-refractivity contribution in [2.75, 3.05) is 25.0 Å². The molecule has 0 unspecified atom stereocenters. The first-order chi connectivity index (χ1) is 13.5. The van der Waals surface area contributed by atoms with E-state index in [9.17, 15) is 18.8 Å². The van der Waals surface area contributed by atoms with E-state index in [0.29, 0.717) is 37.4 Å². The van der Waals surface area contributed by atoms with Crippen LogP contribution in [0.15, 0.2) is 48.5 Å². The second-order valence-electron chi connectivity index (χ2n) is 5.77. The number of anilines is 1. The van der Waals surface area contributed by atoms with E-state index in [1.54, 1.807) is 37.3 Å². The average Bonchev–Trinajstić information content (AvgIpc) is 2.68. The SMILES string of the molecule is CCOC(=O)c1ccc(NC(=O)NCCCNC(=O)c2ccccc2F)cc1. The minimum Gasteiger partial charge on any atom is -0.462 e. The minimum atomic E-state index is -0.577. The number of nitrogens with one attached hydrogen (secondary N) is 3. The topological polar surface area (TPSA) is 96.5 Å². The fourth-order valence-corrected chi connectivity index (χ4v) is 2.31. The number of halogens is 1. The summed E-state index contributed by atoms with van der Waals surface area (Å²) < 4.78 is 18.4. The standard InChI is InChI=1S/C20H22FN3O4/c1-2-28-19(26)14-8-10-15(11-9-14)24-20(27)23-13-5-12-22-18(25)16-6-3-4-7-17(16)21/h3-4,6-11H,2,5,12-13H2,1H3,(H,22,25)(H2,23,24,27). The number of carbonyl (C=O) groups is 3. The normalized spacial score (nSPS) is 10.1. The first-order valence-corrected chi connectivity index (χ1v) is 8.86. The maximum absolute atomic E-state index is 13.5. The molecule has 28 heavy (non-hydrogen) atoms. The van der Waals surface area contributed by atoms with Gasteiger partial charge in [-0.25, -0.2) is 14.0 Å². The maximum atomic E-state index is 13.5. The zero-order valence-corrected chi connectivity index (χ0v) is 15.5. The van der Waals surface area contributed by atoms with Crippen molar-refractivity contribution in [1.82, 2.24) is 10.6 Å². The monoisotopic (exact) mass is 387 g/mol. The molecular formula is C20H22FN3O4. The Labute approximate surface area is 162 Å². The van der Waals surface area contributed by atoms with Crippen LogP contribution >= 0.6 is 0 Å². The van der Waals surface area contributed by atoms with Crippen molar-refractivity contribution in [2.24, 2.45) is 0 Å². The van der Waals surface area contributed by atoms with Crippen LogP contribution in [0, 0.1) is 5.82 Å². The Hall–Kier alpha value is -3.42. The Kier molecular flexibility index (Phi) is 7.95. The fraction of sp³-hybridized carbons (Fsp3) is 0.250. The Morgan fingerprint density at radius 3 is 2.32 bits per heavy atom.